The summed E-state index contributed by atoms with van der Waals surface area (Å²) in [6.45, 7) is 4.51. The predicted octanol–water partition coefficient (Wildman–Crippen LogP) is 1.59. The normalized spacial score (nSPS) is 24.8. The molecule has 0 bridgehead atoms. The molecule has 2 rings (SSSR count). The lowest BCUT2D eigenvalue weighted by Crippen LogP contribution is -2.40. The molecule has 1 saturated heterocycles. The summed E-state index contributed by atoms with van der Waals surface area (Å²) in [7, 11) is -3.54. The van der Waals surface area contributed by atoms with Gasteiger partial charge < -0.3 is 9.84 Å². The van der Waals surface area contributed by atoms with E-state index in [4.69, 9.17) is 4.74 Å². The molecule has 1 aromatic rings. The maximum absolute atomic E-state index is 12.2. The van der Waals surface area contributed by atoms with Crippen molar-refractivity contribution in [2.24, 2.45) is 0 Å². The van der Waals surface area contributed by atoms with E-state index < -0.39 is 21.7 Å². The predicted molar refractivity (Wildman–Crippen MR) is 75.9 cm³/mol. The molecule has 0 aromatic heterocycles. The van der Waals surface area contributed by atoms with Crippen molar-refractivity contribution >= 4 is 10.0 Å². The summed E-state index contributed by atoms with van der Waals surface area (Å²) in [5.74, 6) is 0. The number of rotatable bonds is 5. The number of benzene rings is 1. The fraction of sp³-hybridized carbons (Fsp3) is 0.571. The molecule has 112 valence electrons. The number of nitrogens with one attached hydrogen (secondary N) is 1. The van der Waals surface area contributed by atoms with Gasteiger partial charge in [0, 0.05) is 13.2 Å². The Balaban J connectivity index is 2.06. The fourth-order valence-electron chi connectivity index (χ4n) is 2.23. The van der Waals surface area contributed by atoms with Crippen LogP contribution in [0.4, 0.5) is 0 Å². The lowest BCUT2D eigenvalue weighted by atomic mass is 10.0. The molecular weight excluding hydrogens is 278 g/mol. The Morgan fingerprint density at radius 1 is 1.40 bits per heavy atom. The number of hydrogen-bond donors (Lipinski definition) is 2. The summed E-state index contributed by atoms with van der Waals surface area (Å²) in [6, 6.07) is 6.24. The molecular formula is C14H21NO4S. The summed E-state index contributed by atoms with van der Waals surface area (Å²) in [5.41, 5.74) is 0.280. The van der Waals surface area contributed by atoms with Gasteiger partial charge in [-0.3, -0.25) is 0 Å². The van der Waals surface area contributed by atoms with E-state index in [9.17, 15) is 13.5 Å². The van der Waals surface area contributed by atoms with Crippen molar-refractivity contribution in [3.63, 3.8) is 0 Å². The first-order chi connectivity index (χ1) is 9.32. The molecule has 1 aliphatic rings. The van der Waals surface area contributed by atoms with Gasteiger partial charge in [-0.2, -0.15) is 0 Å². The maximum atomic E-state index is 12.2. The van der Waals surface area contributed by atoms with Crippen LogP contribution in [0.15, 0.2) is 29.2 Å². The SMILES string of the molecule is CC(O)c1ccc(S(=O)(=O)NCC2(C)CCCO2)cc1. The Bertz CT molecular complexity index is 545. The molecule has 20 heavy (non-hydrogen) atoms. The Morgan fingerprint density at radius 3 is 2.55 bits per heavy atom. The molecule has 2 N–H and O–H groups in total. The Labute approximate surface area is 120 Å². The van der Waals surface area contributed by atoms with E-state index >= 15 is 0 Å². The summed E-state index contributed by atoms with van der Waals surface area (Å²) in [5, 5.41) is 9.42. The van der Waals surface area contributed by atoms with Gasteiger partial charge in [-0.25, -0.2) is 13.1 Å². The minimum Gasteiger partial charge on any atom is -0.389 e. The van der Waals surface area contributed by atoms with E-state index in [1.807, 2.05) is 6.92 Å². The van der Waals surface area contributed by atoms with Crippen LogP contribution >= 0.6 is 0 Å². The van der Waals surface area contributed by atoms with E-state index in [0.29, 0.717) is 12.2 Å². The summed E-state index contributed by atoms with van der Waals surface area (Å²) >= 11 is 0. The van der Waals surface area contributed by atoms with Gasteiger partial charge in [-0.1, -0.05) is 12.1 Å². The molecule has 5 nitrogen and oxygen atoms in total. The molecule has 1 heterocycles. The van der Waals surface area contributed by atoms with E-state index in [0.717, 1.165) is 12.8 Å². The second-order valence-corrected chi connectivity index (χ2v) is 7.24. The lowest BCUT2D eigenvalue weighted by Gasteiger charge is -2.23. The smallest absolute Gasteiger partial charge is 0.240 e. The van der Waals surface area contributed by atoms with Crippen LogP contribution in [-0.4, -0.2) is 32.3 Å². The Hall–Kier alpha value is -0.950. The van der Waals surface area contributed by atoms with Crippen molar-refractivity contribution in [2.45, 2.75) is 43.3 Å². The van der Waals surface area contributed by atoms with E-state index in [-0.39, 0.29) is 11.4 Å². The summed E-state index contributed by atoms with van der Waals surface area (Å²) in [4.78, 5) is 0.198. The summed E-state index contributed by atoms with van der Waals surface area (Å²) in [6.07, 6.45) is 1.21. The average Bonchev–Trinajstić information content (AvgIpc) is 2.84. The van der Waals surface area contributed by atoms with E-state index in [1.165, 1.54) is 12.1 Å². The van der Waals surface area contributed by atoms with Crippen molar-refractivity contribution in [3.05, 3.63) is 29.8 Å². The second-order valence-electron chi connectivity index (χ2n) is 5.47. The maximum Gasteiger partial charge on any atom is 0.240 e. The highest BCUT2D eigenvalue weighted by Crippen LogP contribution is 2.24. The van der Waals surface area contributed by atoms with Crippen LogP contribution in [0.3, 0.4) is 0 Å². The van der Waals surface area contributed by atoms with Crippen LogP contribution in [-0.2, 0) is 14.8 Å². The molecule has 0 radical (unpaired) electrons. The van der Waals surface area contributed by atoms with Gasteiger partial charge in [0.25, 0.3) is 0 Å². The van der Waals surface area contributed by atoms with Gasteiger partial charge in [0.1, 0.15) is 0 Å². The van der Waals surface area contributed by atoms with Gasteiger partial charge in [-0.15, -0.1) is 0 Å². The minimum absolute atomic E-state index is 0.198. The molecule has 2 atom stereocenters. The molecule has 2 unspecified atom stereocenters. The first-order valence-electron chi connectivity index (χ1n) is 6.74. The molecule has 6 heteroatoms. The highest BCUT2D eigenvalue weighted by Gasteiger charge is 2.31. The third-order valence-electron chi connectivity index (χ3n) is 3.61. The van der Waals surface area contributed by atoms with Crippen molar-refractivity contribution in [3.8, 4) is 0 Å². The average molecular weight is 299 g/mol. The van der Waals surface area contributed by atoms with Crippen LogP contribution in [0.1, 0.15) is 38.4 Å². The monoisotopic (exact) mass is 299 g/mol. The Kier molecular flexibility index (Phi) is 4.49. The molecule has 1 aliphatic heterocycles. The topological polar surface area (TPSA) is 75.6 Å². The molecule has 0 aliphatic carbocycles. The Morgan fingerprint density at radius 2 is 2.05 bits per heavy atom. The number of aliphatic hydroxyl groups is 1. The van der Waals surface area contributed by atoms with Gasteiger partial charge >= 0.3 is 0 Å². The van der Waals surface area contributed by atoms with Gasteiger partial charge in [0.2, 0.25) is 10.0 Å². The van der Waals surface area contributed by atoms with Crippen LogP contribution in [0.5, 0.6) is 0 Å². The second kappa shape index (κ2) is 5.81. The molecule has 1 aromatic carbocycles. The largest absolute Gasteiger partial charge is 0.389 e. The highest BCUT2D eigenvalue weighted by molar-refractivity contribution is 7.89. The standard InChI is InChI=1S/C14H21NO4S/c1-11(16)12-4-6-13(7-5-12)20(17,18)15-10-14(2)8-3-9-19-14/h4-7,11,15-16H,3,8-10H2,1-2H3. The zero-order chi connectivity index (χ0) is 14.8. The van der Waals surface area contributed by atoms with Crippen molar-refractivity contribution in [1.82, 2.24) is 4.72 Å². The number of aliphatic hydroxyl groups excluding tert-OH is 1. The van der Waals surface area contributed by atoms with Crippen LogP contribution < -0.4 is 4.72 Å². The van der Waals surface area contributed by atoms with Gasteiger partial charge in [0.05, 0.1) is 16.6 Å². The summed E-state index contributed by atoms with van der Waals surface area (Å²) < 4.78 is 32.5. The first-order valence-corrected chi connectivity index (χ1v) is 8.22. The molecule has 0 saturated carbocycles. The van der Waals surface area contributed by atoms with Crippen molar-refractivity contribution < 1.29 is 18.3 Å². The molecule has 1 fully saturated rings. The zero-order valence-electron chi connectivity index (χ0n) is 11.8. The molecule has 0 amide bonds. The van der Waals surface area contributed by atoms with E-state index in [2.05, 4.69) is 4.72 Å². The number of sulfonamides is 1. The first kappa shape index (κ1) is 15.4. The highest BCUT2D eigenvalue weighted by atomic mass is 32.2. The number of hydrogen-bond acceptors (Lipinski definition) is 4. The lowest BCUT2D eigenvalue weighted by molar-refractivity contribution is 0.0250. The van der Waals surface area contributed by atoms with Gasteiger partial charge in [0.15, 0.2) is 0 Å². The van der Waals surface area contributed by atoms with Crippen LogP contribution in [0.25, 0.3) is 0 Å². The van der Waals surface area contributed by atoms with E-state index in [1.54, 1.807) is 19.1 Å². The fourth-order valence-corrected chi connectivity index (χ4v) is 3.39. The van der Waals surface area contributed by atoms with Crippen molar-refractivity contribution in [2.75, 3.05) is 13.2 Å². The quantitative estimate of drug-likeness (QED) is 0.865. The zero-order valence-corrected chi connectivity index (χ0v) is 12.6. The minimum atomic E-state index is -3.54. The molecule has 0 spiro atoms. The third kappa shape index (κ3) is 3.58. The van der Waals surface area contributed by atoms with Crippen LogP contribution in [0, 0.1) is 0 Å². The van der Waals surface area contributed by atoms with Gasteiger partial charge in [-0.05, 0) is 44.4 Å². The van der Waals surface area contributed by atoms with Crippen LogP contribution in [0.2, 0.25) is 0 Å². The number of ether oxygens (including phenoxy) is 1. The third-order valence-corrected chi connectivity index (χ3v) is 5.03. The van der Waals surface area contributed by atoms with Crippen molar-refractivity contribution in [1.29, 1.82) is 0 Å².